The van der Waals surface area contributed by atoms with Gasteiger partial charge in [-0.25, -0.2) is 0 Å². The SMILES string of the molecule is COCO[C@@H](C[C@@H](C)C(C)=O)C[C@H]1O[C@@H](c2ccc(OC)cc2)O[C@@H]([C@H](C)C[C@@H]2COC(C)(C)O2)C1=O. The van der Waals surface area contributed by atoms with Crippen molar-refractivity contribution in [3.05, 3.63) is 29.8 Å². The fourth-order valence-corrected chi connectivity index (χ4v) is 4.75. The first-order valence-electron chi connectivity index (χ1n) is 12.9. The molecule has 0 aromatic heterocycles. The normalized spacial score (nSPS) is 28.0. The predicted octanol–water partition coefficient (Wildman–Crippen LogP) is 4.22. The van der Waals surface area contributed by atoms with E-state index in [0.717, 1.165) is 5.56 Å². The smallest absolute Gasteiger partial charge is 0.190 e. The van der Waals surface area contributed by atoms with Crippen molar-refractivity contribution < 1.29 is 42.7 Å². The van der Waals surface area contributed by atoms with E-state index in [1.54, 1.807) is 14.0 Å². The highest BCUT2D eigenvalue weighted by molar-refractivity contribution is 5.88. The van der Waals surface area contributed by atoms with Gasteiger partial charge < -0.3 is 33.2 Å². The van der Waals surface area contributed by atoms with E-state index in [1.165, 1.54) is 7.11 Å². The van der Waals surface area contributed by atoms with Gasteiger partial charge in [-0.15, -0.1) is 0 Å². The van der Waals surface area contributed by atoms with Crippen molar-refractivity contribution >= 4 is 11.6 Å². The molecule has 37 heavy (non-hydrogen) atoms. The number of ketones is 2. The highest BCUT2D eigenvalue weighted by atomic mass is 16.7. The van der Waals surface area contributed by atoms with Gasteiger partial charge in [0.25, 0.3) is 0 Å². The van der Waals surface area contributed by atoms with Crippen LogP contribution in [0.25, 0.3) is 0 Å². The lowest BCUT2D eigenvalue weighted by Gasteiger charge is -2.39. The van der Waals surface area contributed by atoms with Crippen LogP contribution in [-0.4, -0.2) is 69.4 Å². The molecule has 0 bridgehead atoms. The maximum Gasteiger partial charge on any atom is 0.190 e. The monoisotopic (exact) mass is 522 g/mol. The summed E-state index contributed by atoms with van der Waals surface area (Å²) in [6, 6.07) is 7.39. The molecule has 1 aromatic carbocycles. The average Bonchev–Trinajstić information content (AvgIpc) is 3.21. The summed E-state index contributed by atoms with van der Waals surface area (Å²) in [5, 5.41) is 0. The summed E-state index contributed by atoms with van der Waals surface area (Å²) in [6.45, 7) is 9.69. The van der Waals surface area contributed by atoms with Crippen LogP contribution in [0.1, 0.15) is 65.7 Å². The van der Waals surface area contributed by atoms with Crippen molar-refractivity contribution in [2.24, 2.45) is 11.8 Å². The minimum absolute atomic E-state index is 0.0588. The quantitative estimate of drug-likeness (QED) is 0.353. The molecule has 3 rings (SSSR count). The average molecular weight is 523 g/mol. The summed E-state index contributed by atoms with van der Waals surface area (Å²) in [5.74, 6) is -0.363. The van der Waals surface area contributed by atoms with Crippen LogP contribution < -0.4 is 4.74 Å². The molecule has 2 heterocycles. The van der Waals surface area contributed by atoms with Gasteiger partial charge in [0, 0.05) is 25.0 Å². The van der Waals surface area contributed by atoms with E-state index in [1.807, 2.05) is 52.0 Å². The van der Waals surface area contributed by atoms with Gasteiger partial charge in [-0.05, 0) is 51.7 Å². The third-order valence-corrected chi connectivity index (χ3v) is 6.97. The second-order valence-electron chi connectivity index (χ2n) is 10.5. The molecular weight excluding hydrogens is 480 g/mol. The van der Waals surface area contributed by atoms with Gasteiger partial charge in [-0.1, -0.05) is 26.0 Å². The second-order valence-corrected chi connectivity index (χ2v) is 10.5. The molecule has 0 spiro atoms. The number of hydrogen-bond acceptors (Lipinski definition) is 9. The highest BCUT2D eigenvalue weighted by Gasteiger charge is 2.44. The van der Waals surface area contributed by atoms with Crippen LogP contribution in [0.15, 0.2) is 24.3 Å². The summed E-state index contributed by atoms with van der Waals surface area (Å²) < 4.78 is 40.4. The molecule has 2 aliphatic heterocycles. The standard InChI is InChI=1S/C28H42O9/c1-17(19(3)29)12-22(33-16-31-6)14-24-25(30)26(18(2)13-23-15-34-28(4,5)37-23)36-27(35-24)20-8-10-21(32-7)11-9-20/h8-11,17-18,22-24,26-27H,12-16H2,1-7H3/t17-,18-,22+,23-,24-,26+,27-/m1/s1. The molecule has 9 heteroatoms. The molecular formula is C28H42O9. The molecule has 0 N–H and O–H groups in total. The van der Waals surface area contributed by atoms with Crippen molar-refractivity contribution in [2.75, 3.05) is 27.6 Å². The van der Waals surface area contributed by atoms with E-state index >= 15 is 0 Å². The first-order valence-corrected chi connectivity index (χ1v) is 12.9. The predicted molar refractivity (Wildman–Crippen MR) is 135 cm³/mol. The van der Waals surface area contributed by atoms with Crippen molar-refractivity contribution in [1.82, 2.24) is 0 Å². The Bertz CT molecular complexity index is 884. The van der Waals surface area contributed by atoms with Crippen molar-refractivity contribution in [1.29, 1.82) is 0 Å². The van der Waals surface area contributed by atoms with Crippen LogP contribution in [0.3, 0.4) is 0 Å². The fraction of sp³-hybridized carbons (Fsp3) is 0.714. The number of methoxy groups -OCH3 is 2. The van der Waals surface area contributed by atoms with Crippen LogP contribution in [0.2, 0.25) is 0 Å². The summed E-state index contributed by atoms with van der Waals surface area (Å²) in [4.78, 5) is 25.6. The Morgan fingerprint density at radius 2 is 1.81 bits per heavy atom. The molecule has 2 fully saturated rings. The Balaban J connectivity index is 1.80. The largest absolute Gasteiger partial charge is 0.497 e. The maximum atomic E-state index is 13.7. The Hall–Kier alpha value is -1.88. The lowest BCUT2D eigenvalue weighted by atomic mass is 9.88. The van der Waals surface area contributed by atoms with Crippen LogP contribution in [0.4, 0.5) is 0 Å². The fourth-order valence-electron chi connectivity index (χ4n) is 4.75. The van der Waals surface area contributed by atoms with E-state index < -0.39 is 30.4 Å². The first-order chi connectivity index (χ1) is 17.5. The van der Waals surface area contributed by atoms with Crippen LogP contribution in [0.5, 0.6) is 5.75 Å². The molecule has 2 saturated heterocycles. The number of ether oxygens (including phenoxy) is 7. The molecule has 9 nitrogen and oxygen atoms in total. The molecule has 1 aromatic rings. The van der Waals surface area contributed by atoms with Gasteiger partial charge in [-0.2, -0.15) is 0 Å². The van der Waals surface area contributed by atoms with Gasteiger partial charge in [0.05, 0.1) is 25.9 Å². The number of hydrogen-bond donors (Lipinski definition) is 0. The van der Waals surface area contributed by atoms with Crippen LogP contribution in [0, 0.1) is 11.8 Å². The zero-order valence-electron chi connectivity index (χ0n) is 23.1. The van der Waals surface area contributed by atoms with E-state index in [9.17, 15) is 9.59 Å². The van der Waals surface area contributed by atoms with E-state index in [4.69, 9.17) is 33.2 Å². The lowest BCUT2D eigenvalue weighted by Crippen LogP contribution is -2.48. The summed E-state index contributed by atoms with van der Waals surface area (Å²) in [7, 11) is 3.14. The first kappa shape index (κ1) is 29.7. The number of benzene rings is 1. The summed E-state index contributed by atoms with van der Waals surface area (Å²) >= 11 is 0. The van der Waals surface area contributed by atoms with Gasteiger partial charge in [0.1, 0.15) is 30.5 Å². The Morgan fingerprint density at radius 1 is 1.11 bits per heavy atom. The number of carbonyl (C=O) groups is 2. The minimum atomic E-state index is -0.772. The molecule has 0 radical (unpaired) electrons. The molecule has 208 valence electrons. The van der Waals surface area contributed by atoms with Gasteiger partial charge in [-0.3, -0.25) is 9.59 Å². The van der Waals surface area contributed by atoms with Crippen LogP contribution in [-0.2, 0) is 38.0 Å². The summed E-state index contributed by atoms with van der Waals surface area (Å²) in [6.07, 6.45) is -1.39. The molecule has 0 aliphatic carbocycles. The van der Waals surface area contributed by atoms with Crippen molar-refractivity contribution in [2.45, 2.75) is 90.4 Å². The molecule has 0 amide bonds. The Morgan fingerprint density at radius 3 is 2.38 bits per heavy atom. The zero-order valence-corrected chi connectivity index (χ0v) is 23.1. The number of rotatable bonds is 13. The van der Waals surface area contributed by atoms with Crippen molar-refractivity contribution in [3.63, 3.8) is 0 Å². The molecule has 0 saturated carbocycles. The van der Waals surface area contributed by atoms with E-state index in [2.05, 4.69) is 0 Å². The van der Waals surface area contributed by atoms with E-state index in [0.29, 0.717) is 25.2 Å². The summed E-state index contributed by atoms with van der Waals surface area (Å²) in [5.41, 5.74) is 0.781. The second kappa shape index (κ2) is 13.3. The maximum absolute atomic E-state index is 13.7. The molecule has 0 unspecified atom stereocenters. The topological polar surface area (TPSA) is 98.8 Å². The minimum Gasteiger partial charge on any atom is -0.497 e. The number of carbonyl (C=O) groups excluding carboxylic acids is 2. The molecule has 7 atom stereocenters. The lowest BCUT2D eigenvalue weighted by molar-refractivity contribution is -0.248. The zero-order chi connectivity index (χ0) is 27.2. The van der Waals surface area contributed by atoms with E-state index in [-0.39, 0.29) is 42.7 Å². The van der Waals surface area contributed by atoms with Crippen molar-refractivity contribution in [3.8, 4) is 5.75 Å². The highest BCUT2D eigenvalue weighted by Crippen LogP contribution is 2.36. The number of Topliss-reactive ketones (excluding diaryl/α,β-unsaturated/α-hetero) is 2. The third kappa shape index (κ3) is 8.30. The van der Waals surface area contributed by atoms with Gasteiger partial charge in [0.15, 0.2) is 17.9 Å². The van der Waals surface area contributed by atoms with Gasteiger partial charge >= 0.3 is 0 Å². The van der Waals surface area contributed by atoms with Gasteiger partial charge in [0.2, 0.25) is 0 Å². The Labute approximate surface area is 220 Å². The Kier molecular flexibility index (Phi) is 10.6. The third-order valence-electron chi connectivity index (χ3n) is 6.97. The van der Waals surface area contributed by atoms with Crippen LogP contribution >= 0.6 is 0 Å². The molecule has 2 aliphatic rings.